The van der Waals surface area contributed by atoms with Gasteiger partial charge in [-0.15, -0.1) is 0 Å². The maximum atomic E-state index is 12.9. The zero-order valence-corrected chi connectivity index (χ0v) is 20.6. The van der Waals surface area contributed by atoms with Gasteiger partial charge in [0.15, 0.2) is 0 Å². The van der Waals surface area contributed by atoms with Crippen molar-refractivity contribution in [2.75, 3.05) is 17.8 Å². The lowest BCUT2D eigenvalue weighted by Gasteiger charge is -2.18. The van der Waals surface area contributed by atoms with E-state index in [1.54, 1.807) is 42.2 Å². The molecule has 4 aromatic rings. The van der Waals surface area contributed by atoms with Gasteiger partial charge >= 0.3 is 0 Å². The van der Waals surface area contributed by atoms with E-state index in [-0.39, 0.29) is 10.8 Å². The Kier molecular flexibility index (Phi) is 6.43. The van der Waals surface area contributed by atoms with Gasteiger partial charge in [0.1, 0.15) is 5.82 Å². The number of hydrogen-bond donors (Lipinski definition) is 1. The number of aromatic nitrogens is 2. The van der Waals surface area contributed by atoms with Crippen LogP contribution >= 0.6 is 0 Å². The number of benzene rings is 3. The molecule has 0 unspecified atom stereocenters. The van der Waals surface area contributed by atoms with Crippen molar-refractivity contribution in [2.45, 2.75) is 25.7 Å². The van der Waals surface area contributed by atoms with Crippen LogP contribution in [0.4, 0.5) is 5.69 Å². The van der Waals surface area contributed by atoms with Crippen LogP contribution in [0.1, 0.15) is 29.8 Å². The molecule has 0 spiro atoms. The molecule has 0 radical (unpaired) electrons. The number of rotatable bonds is 7. The van der Waals surface area contributed by atoms with Gasteiger partial charge in [0.25, 0.3) is 15.9 Å². The summed E-state index contributed by atoms with van der Waals surface area (Å²) >= 11 is 0. The van der Waals surface area contributed by atoms with Crippen molar-refractivity contribution in [2.24, 2.45) is 7.05 Å². The summed E-state index contributed by atoms with van der Waals surface area (Å²) in [4.78, 5) is 19.4. The fraction of sp³-hybridized carbons (Fsp3) is 0.231. The largest absolute Gasteiger partial charge is 0.339 e. The van der Waals surface area contributed by atoms with E-state index in [1.165, 1.54) is 0 Å². The molecule has 0 saturated heterocycles. The van der Waals surface area contributed by atoms with Gasteiger partial charge in [-0.2, -0.15) is 0 Å². The lowest BCUT2D eigenvalue weighted by Crippen LogP contribution is -2.30. The second-order valence-corrected chi connectivity index (χ2v) is 9.77. The second kappa shape index (κ2) is 9.30. The Balaban J connectivity index is 1.64. The zero-order valence-electron chi connectivity index (χ0n) is 19.7. The Morgan fingerprint density at radius 3 is 2.32 bits per heavy atom. The molecule has 1 N–H and O–H groups in total. The van der Waals surface area contributed by atoms with Gasteiger partial charge in [-0.3, -0.25) is 9.52 Å². The van der Waals surface area contributed by atoms with Crippen molar-refractivity contribution in [1.82, 2.24) is 14.5 Å². The molecule has 0 atom stereocenters. The van der Waals surface area contributed by atoms with E-state index in [2.05, 4.69) is 4.72 Å². The minimum atomic E-state index is -3.71. The van der Waals surface area contributed by atoms with Crippen LogP contribution in [0.15, 0.2) is 71.6 Å². The van der Waals surface area contributed by atoms with Gasteiger partial charge in [0.2, 0.25) is 0 Å². The molecule has 0 fully saturated rings. The van der Waals surface area contributed by atoms with Crippen LogP contribution in [0.25, 0.3) is 22.4 Å². The highest BCUT2D eigenvalue weighted by molar-refractivity contribution is 7.92. The van der Waals surface area contributed by atoms with E-state index < -0.39 is 10.0 Å². The third-order valence-electron chi connectivity index (χ3n) is 5.96. The van der Waals surface area contributed by atoms with Gasteiger partial charge in [0.05, 0.1) is 21.6 Å². The van der Waals surface area contributed by atoms with Crippen molar-refractivity contribution >= 4 is 32.7 Å². The molecule has 0 saturated carbocycles. The van der Waals surface area contributed by atoms with E-state index in [0.29, 0.717) is 35.4 Å². The monoisotopic (exact) mass is 476 g/mol. The summed E-state index contributed by atoms with van der Waals surface area (Å²) in [5.74, 6) is 0.739. The summed E-state index contributed by atoms with van der Waals surface area (Å²) < 4.78 is 30.3. The third kappa shape index (κ3) is 4.41. The first-order chi connectivity index (χ1) is 16.2. The van der Waals surface area contributed by atoms with Crippen LogP contribution in [0, 0.1) is 6.92 Å². The molecule has 8 heteroatoms. The van der Waals surface area contributed by atoms with E-state index >= 15 is 0 Å². The molecule has 1 heterocycles. The van der Waals surface area contributed by atoms with Gasteiger partial charge in [-0.1, -0.05) is 30.3 Å². The molecule has 34 heavy (non-hydrogen) atoms. The highest BCUT2D eigenvalue weighted by Gasteiger charge is 2.18. The Morgan fingerprint density at radius 2 is 1.68 bits per heavy atom. The molecule has 0 aliphatic carbocycles. The molecule has 176 valence electrons. The highest BCUT2D eigenvalue weighted by Crippen LogP contribution is 2.27. The molecule has 1 aromatic heterocycles. The van der Waals surface area contributed by atoms with Crippen LogP contribution in [0.2, 0.25) is 0 Å². The summed E-state index contributed by atoms with van der Waals surface area (Å²) in [7, 11) is -1.80. The number of hydrogen-bond acceptors (Lipinski definition) is 4. The number of carbonyl (C=O) groups is 1. The van der Waals surface area contributed by atoms with Crippen LogP contribution in [-0.4, -0.2) is 41.9 Å². The topological polar surface area (TPSA) is 84.3 Å². The number of amides is 1. The van der Waals surface area contributed by atoms with Gasteiger partial charge < -0.3 is 9.47 Å². The number of anilines is 1. The Morgan fingerprint density at radius 1 is 1.00 bits per heavy atom. The second-order valence-electron chi connectivity index (χ2n) is 8.12. The normalized spacial score (nSPS) is 11.5. The Hall–Kier alpha value is -3.65. The fourth-order valence-electron chi connectivity index (χ4n) is 4.04. The molecule has 0 aliphatic heterocycles. The van der Waals surface area contributed by atoms with E-state index in [4.69, 9.17) is 4.98 Å². The average molecular weight is 477 g/mol. The van der Waals surface area contributed by atoms with Crippen molar-refractivity contribution in [3.05, 3.63) is 77.9 Å². The van der Waals surface area contributed by atoms with E-state index in [1.807, 2.05) is 61.9 Å². The number of nitrogens with one attached hydrogen (secondary N) is 1. The first-order valence-electron chi connectivity index (χ1n) is 11.2. The van der Waals surface area contributed by atoms with Crippen LogP contribution in [0.5, 0.6) is 0 Å². The SMILES string of the molecule is CCN(CC)C(=O)c1ccc(-c2nc3cc(NS(=O)(=O)c4ccccc4C)ccc3n2C)cc1. The first kappa shape index (κ1) is 23.5. The number of fused-ring (bicyclic) bond motifs is 1. The van der Waals surface area contributed by atoms with Gasteiger partial charge in [-0.05, 0) is 62.7 Å². The third-order valence-corrected chi connectivity index (χ3v) is 7.50. The summed E-state index contributed by atoms with van der Waals surface area (Å²) in [6.45, 7) is 7.02. The average Bonchev–Trinajstić information content (AvgIpc) is 3.15. The summed E-state index contributed by atoms with van der Waals surface area (Å²) in [5, 5.41) is 0. The van der Waals surface area contributed by atoms with E-state index in [9.17, 15) is 13.2 Å². The molecule has 1 amide bonds. The number of sulfonamides is 1. The Labute approximate surface area is 200 Å². The highest BCUT2D eigenvalue weighted by atomic mass is 32.2. The summed E-state index contributed by atoms with van der Waals surface area (Å²) in [6.07, 6.45) is 0. The smallest absolute Gasteiger partial charge is 0.262 e. The molecule has 7 nitrogen and oxygen atoms in total. The maximum absolute atomic E-state index is 12.9. The number of nitrogens with zero attached hydrogens (tertiary/aromatic N) is 3. The lowest BCUT2D eigenvalue weighted by atomic mass is 10.1. The lowest BCUT2D eigenvalue weighted by molar-refractivity contribution is 0.0773. The van der Waals surface area contributed by atoms with E-state index in [0.717, 1.165) is 16.9 Å². The standard InChI is InChI=1S/C26H28N4O3S/c1-5-30(6-2)26(31)20-13-11-19(12-14-20)25-27-22-17-21(15-16-23(22)29(25)4)28-34(32,33)24-10-8-7-9-18(24)3/h7-17,28H,5-6H2,1-4H3. The quantitative estimate of drug-likeness (QED) is 0.414. The molecular formula is C26H28N4O3S. The maximum Gasteiger partial charge on any atom is 0.262 e. The summed E-state index contributed by atoms with van der Waals surface area (Å²) in [5.41, 5.74) is 4.18. The molecular weight excluding hydrogens is 448 g/mol. The predicted octanol–water partition coefficient (Wildman–Crippen LogP) is 4.83. The minimum absolute atomic E-state index is 0.00660. The van der Waals surface area contributed by atoms with Crippen LogP contribution < -0.4 is 4.72 Å². The Bertz CT molecular complexity index is 1450. The fourth-order valence-corrected chi connectivity index (χ4v) is 5.34. The van der Waals surface area contributed by atoms with Crippen LogP contribution in [-0.2, 0) is 17.1 Å². The number of aryl methyl sites for hydroxylation is 2. The van der Waals surface area contributed by atoms with Crippen molar-refractivity contribution in [1.29, 1.82) is 0 Å². The van der Waals surface area contributed by atoms with Crippen LogP contribution in [0.3, 0.4) is 0 Å². The minimum Gasteiger partial charge on any atom is -0.339 e. The van der Waals surface area contributed by atoms with Crippen molar-refractivity contribution in [3.63, 3.8) is 0 Å². The molecule has 0 bridgehead atoms. The molecule has 0 aliphatic rings. The van der Waals surface area contributed by atoms with Gasteiger partial charge in [0, 0.05) is 31.3 Å². The zero-order chi connectivity index (χ0) is 24.5. The first-order valence-corrected chi connectivity index (χ1v) is 12.7. The van der Waals surface area contributed by atoms with Gasteiger partial charge in [-0.25, -0.2) is 13.4 Å². The number of imidazole rings is 1. The molecule has 4 rings (SSSR count). The summed E-state index contributed by atoms with van der Waals surface area (Å²) in [6, 6.07) is 19.6. The van der Waals surface area contributed by atoms with Crippen molar-refractivity contribution < 1.29 is 13.2 Å². The predicted molar refractivity (Wildman–Crippen MR) is 135 cm³/mol. The van der Waals surface area contributed by atoms with Crippen molar-refractivity contribution in [3.8, 4) is 11.4 Å². The number of carbonyl (C=O) groups excluding carboxylic acids is 1. The molecule has 3 aromatic carbocycles.